The minimum Gasteiger partial charge on any atom is -0.427 e. The van der Waals surface area contributed by atoms with E-state index < -0.39 is 11.2 Å². The highest BCUT2D eigenvalue weighted by Gasteiger charge is 2.35. The summed E-state index contributed by atoms with van der Waals surface area (Å²) in [5.74, 6) is 0. The second kappa shape index (κ2) is 6.37. The molecule has 0 fully saturated rings. The average molecular weight is 356 g/mol. The molecule has 1 N–H and O–H groups in total. The predicted molar refractivity (Wildman–Crippen MR) is 117 cm³/mol. The summed E-state index contributed by atoms with van der Waals surface area (Å²) in [5.41, 5.74) is -0.411. The largest absolute Gasteiger partial charge is 0.427 e. The van der Waals surface area contributed by atoms with Crippen molar-refractivity contribution in [2.75, 3.05) is 0 Å². The van der Waals surface area contributed by atoms with Crippen LogP contribution >= 0.6 is 0 Å². The molecule has 0 radical (unpaired) electrons. The number of fused-ring (bicyclic) bond motifs is 5. The van der Waals surface area contributed by atoms with Crippen LogP contribution in [-0.2, 0) is 4.65 Å². The molecule has 0 saturated carbocycles. The predicted octanol–water partition coefficient (Wildman–Crippen LogP) is 4.69. The van der Waals surface area contributed by atoms with Crippen LogP contribution in [0.2, 0.25) is 0 Å². The summed E-state index contributed by atoms with van der Waals surface area (Å²) in [6, 6.07) is 23.8. The van der Waals surface area contributed by atoms with E-state index in [1.165, 1.54) is 32.3 Å². The Labute approximate surface area is 161 Å². The Morgan fingerprint density at radius 1 is 0.704 bits per heavy atom. The number of hydrogen-bond donors (Lipinski definition) is 1. The van der Waals surface area contributed by atoms with Crippen molar-refractivity contribution in [1.29, 1.82) is 0 Å². The fraction of sp³-hybridized carbons (Fsp3) is 0.250. The van der Waals surface area contributed by atoms with Gasteiger partial charge in [0.2, 0.25) is 0 Å². The summed E-state index contributed by atoms with van der Waals surface area (Å²) in [7, 11) is 0.475. The molecule has 4 rings (SSSR count). The summed E-state index contributed by atoms with van der Waals surface area (Å²) in [4.78, 5) is 0. The number of benzene rings is 4. The van der Waals surface area contributed by atoms with Crippen molar-refractivity contribution in [1.82, 2.24) is 0 Å². The number of rotatable bonds is 4. The molecule has 0 aromatic heterocycles. The first-order valence-electron chi connectivity index (χ1n) is 9.46. The first-order valence-corrected chi connectivity index (χ1v) is 9.46. The molecule has 0 unspecified atom stereocenters. The zero-order valence-electron chi connectivity index (χ0n) is 16.4. The van der Waals surface area contributed by atoms with E-state index in [0.29, 0.717) is 7.48 Å². The van der Waals surface area contributed by atoms with Gasteiger partial charge in [-0.3, -0.25) is 0 Å². The van der Waals surface area contributed by atoms with Crippen LogP contribution in [0.5, 0.6) is 0 Å². The molecule has 0 heterocycles. The van der Waals surface area contributed by atoms with E-state index in [0.717, 1.165) is 5.46 Å². The molecule has 0 saturated heterocycles. The summed E-state index contributed by atoms with van der Waals surface area (Å²) in [5, 5.41) is 17.9. The van der Waals surface area contributed by atoms with Crippen molar-refractivity contribution in [3.05, 3.63) is 66.7 Å². The molecule has 0 amide bonds. The first-order chi connectivity index (χ1) is 12.8. The summed E-state index contributed by atoms with van der Waals surface area (Å²) < 4.78 is 6.02. The maximum Gasteiger partial charge on any atom is 0.309 e. The normalized spacial score (nSPS) is 12.8. The second-order valence-electron chi connectivity index (χ2n) is 8.36. The Morgan fingerprint density at radius 2 is 1.30 bits per heavy atom. The zero-order valence-corrected chi connectivity index (χ0v) is 16.4. The molecule has 0 bridgehead atoms. The maximum absolute atomic E-state index is 10.3. The van der Waals surface area contributed by atoms with Gasteiger partial charge in [0.1, 0.15) is 0 Å². The number of hydrogen-bond acceptors (Lipinski definition) is 2. The van der Waals surface area contributed by atoms with Crippen LogP contribution in [0.3, 0.4) is 0 Å². The van der Waals surface area contributed by atoms with E-state index in [2.05, 4.69) is 66.7 Å². The van der Waals surface area contributed by atoms with Crippen LogP contribution in [0.15, 0.2) is 66.7 Å². The highest BCUT2D eigenvalue weighted by atomic mass is 16.5. The minimum absolute atomic E-state index is 0.475. The van der Waals surface area contributed by atoms with Crippen LogP contribution in [0.25, 0.3) is 32.3 Å². The second-order valence-corrected chi connectivity index (χ2v) is 8.36. The lowest BCUT2D eigenvalue weighted by Gasteiger charge is -2.37. The quantitative estimate of drug-likeness (QED) is 0.425. The van der Waals surface area contributed by atoms with Crippen molar-refractivity contribution in [2.45, 2.75) is 38.9 Å². The zero-order chi connectivity index (χ0) is 19.2. The van der Waals surface area contributed by atoms with Crippen molar-refractivity contribution in [3.8, 4) is 0 Å². The molecular formula is C24H25BO2. The van der Waals surface area contributed by atoms with E-state index in [1.54, 1.807) is 13.8 Å². The SMILES string of the molecule is CC(C)(O)C(C)(C)OBc1ccc2c(ccc3c4ccccc4ccc23)c1. The van der Waals surface area contributed by atoms with Gasteiger partial charge >= 0.3 is 7.48 Å². The summed E-state index contributed by atoms with van der Waals surface area (Å²) >= 11 is 0. The van der Waals surface area contributed by atoms with Gasteiger partial charge in [-0.2, -0.15) is 0 Å². The summed E-state index contributed by atoms with van der Waals surface area (Å²) in [6.45, 7) is 7.41. The van der Waals surface area contributed by atoms with Gasteiger partial charge < -0.3 is 9.76 Å². The molecule has 2 nitrogen and oxygen atoms in total. The van der Waals surface area contributed by atoms with Gasteiger partial charge in [-0.25, -0.2) is 0 Å². The van der Waals surface area contributed by atoms with E-state index >= 15 is 0 Å². The van der Waals surface area contributed by atoms with Crippen molar-refractivity contribution < 1.29 is 9.76 Å². The van der Waals surface area contributed by atoms with Gasteiger partial charge in [0.05, 0.1) is 11.2 Å². The molecule has 27 heavy (non-hydrogen) atoms. The minimum atomic E-state index is -0.902. The van der Waals surface area contributed by atoms with E-state index in [1.807, 2.05) is 13.8 Å². The molecule has 3 heteroatoms. The highest BCUT2D eigenvalue weighted by Crippen LogP contribution is 2.31. The molecule has 0 atom stereocenters. The lowest BCUT2D eigenvalue weighted by molar-refractivity contribution is -0.0893. The van der Waals surface area contributed by atoms with Crippen molar-refractivity contribution in [2.24, 2.45) is 0 Å². The van der Waals surface area contributed by atoms with Crippen LogP contribution in [0, 0.1) is 0 Å². The average Bonchev–Trinajstić information content (AvgIpc) is 2.64. The van der Waals surface area contributed by atoms with Crippen LogP contribution in [-0.4, -0.2) is 23.8 Å². The molecule has 0 spiro atoms. The number of aliphatic hydroxyl groups is 1. The van der Waals surface area contributed by atoms with Gasteiger partial charge in [0.15, 0.2) is 0 Å². The standard InChI is InChI=1S/C24H25BO2/c1-23(2,26)24(3,4)27-25-18-11-14-20-17(15-18)10-13-21-19-8-6-5-7-16(19)9-12-22(20)21/h5-15,25-26H,1-4H3. The smallest absolute Gasteiger partial charge is 0.309 e. The fourth-order valence-corrected chi connectivity index (χ4v) is 3.41. The third kappa shape index (κ3) is 3.22. The molecule has 136 valence electrons. The van der Waals surface area contributed by atoms with Gasteiger partial charge in [-0.05, 0) is 60.0 Å². The molecule has 0 aliphatic carbocycles. The molecular weight excluding hydrogens is 331 g/mol. The highest BCUT2D eigenvalue weighted by molar-refractivity contribution is 6.47. The van der Waals surface area contributed by atoms with Crippen LogP contribution in [0.4, 0.5) is 0 Å². The van der Waals surface area contributed by atoms with Crippen molar-refractivity contribution >= 4 is 45.3 Å². The van der Waals surface area contributed by atoms with Gasteiger partial charge in [-0.1, -0.05) is 72.2 Å². The maximum atomic E-state index is 10.3. The Bertz CT molecular complexity index is 1140. The summed E-state index contributed by atoms with van der Waals surface area (Å²) in [6.07, 6.45) is 0. The lowest BCUT2D eigenvalue weighted by atomic mass is 9.81. The molecule has 4 aromatic carbocycles. The topological polar surface area (TPSA) is 29.5 Å². The Morgan fingerprint density at radius 3 is 2.00 bits per heavy atom. The van der Waals surface area contributed by atoms with Crippen LogP contribution < -0.4 is 5.46 Å². The molecule has 0 aliphatic rings. The Hall–Kier alpha value is -2.36. The third-order valence-electron chi connectivity index (χ3n) is 5.88. The Balaban J connectivity index is 1.73. The fourth-order valence-electron chi connectivity index (χ4n) is 3.41. The molecule has 0 aliphatic heterocycles. The molecule has 4 aromatic rings. The monoisotopic (exact) mass is 356 g/mol. The van der Waals surface area contributed by atoms with E-state index in [-0.39, 0.29) is 0 Å². The van der Waals surface area contributed by atoms with Crippen LogP contribution in [0.1, 0.15) is 27.7 Å². The first kappa shape index (κ1) is 18.0. The van der Waals surface area contributed by atoms with E-state index in [4.69, 9.17) is 4.65 Å². The van der Waals surface area contributed by atoms with Gasteiger partial charge in [0.25, 0.3) is 0 Å². The van der Waals surface area contributed by atoms with Gasteiger partial charge in [-0.15, -0.1) is 0 Å². The lowest BCUT2D eigenvalue weighted by Crippen LogP contribution is -2.49. The van der Waals surface area contributed by atoms with E-state index in [9.17, 15) is 5.11 Å². The van der Waals surface area contributed by atoms with Crippen molar-refractivity contribution in [3.63, 3.8) is 0 Å². The third-order valence-corrected chi connectivity index (χ3v) is 5.88. The Kier molecular flexibility index (Phi) is 4.25. The van der Waals surface area contributed by atoms with Gasteiger partial charge in [0, 0.05) is 0 Å².